The lowest BCUT2D eigenvalue weighted by Gasteiger charge is -2.37. The number of piperidine rings is 1. The molecule has 2 heterocycles. The largest absolute Gasteiger partial charge is 0.409 e. The maximum absolute atomic E-state index is 13.5. The average molecular weight is 363 g/mol. The fourth-order valence-electron chi connectivity index (χ4n) is 3.50. The second-order valence-corrected chi connectivity index (χ2v) is 6.88. The van der Waals surface area contributed by atoms with E-state index in [1.807, 2.05) is 6.07 Å². The molecule has 3 nitrogen and oxygen atoms in total. The van der Waals surface area contributed by atoms with Crippen LogP contribution >= 0.6 is 0 Å². The lowest BCUT2D eigenvalue weighted by molar-refractivity contribution is -0.161. The second-order valence-electron chi connectivity index (χ2n) is 6.88. The number of hydrogen-bond acceptors (Lipinski definition) is 3. The summed E-state index contributed by atoms with van der Waals surface area (Å²) in [6.07, 6.45) is -1.61. The Labute approximate surface area is 152 Å². The fourth-order valence-corrected chi connectivity index (χ4v) is 3.50. The van der Waals surface area contributed by atoms with Crippen molar-refractivity contribution in [3.63, 3.8) is 0 Å². The zero-order chi connectivity index (χ0) is 18.7. The Morgan fingerprint density at radius 3 is 2.42 bits per heavy atom. The lowest BCUT2D eigenvalue weighted by Crippen LogP contribution is -2.47. The SMILES string of the molecule is Cc1cccc(N2CCC(NC(c3ccccn3)C(F)(F)F)CC2)c1C. The monoisotopic (exact) mass is 363 g/mol. The number of nitrogens with one attached hydrogen (secondary N) is 1. The van der Waals surface area contributed by atoms with Gasteiger partial charge in [-0.05, 0) is 56.0 Å². The highest BCUT2D eigenvalue weighted by Gasteiger charge is 2.43. The smallest absolute Gasteiger partial charge is 0.371 e. The van der Waals surface area contributed by atoms with E-state index in [0.29, 0.717) is 12.8 Å². The first-order valence-electron chi connectivity index (χ1n) is 8.91. The molecule has 0 radical (unpaired) electrons. The predicted octanol–water partition coefficient (Wildman–Crippen LogP) is 4.56. The van der Waals surface area contributed by atoms with E-state index < -0.39 is 12.2 Å². The molecule has 0 bridgehead atoms. The van der Waals surface area contributed by atoms with Crippen LogP contribution in [0.4, 0.5) is 18.9 Å². The molecule has 0 spiro atoms. The van der Waals surface area contributed by atoms with Gasteiger partial charge in [0.25, 0.3) is 0 Å². The minimum atomic E-state index is -4.36. The Morgan fingerprint density at radius 1 is 1.08 bits per heavy atom. The van der Waals surface area contributed by atoms with Gasteiger partial charge in [0.05, 0.1) is 5.69 Å². The van der Waals surface area contributed by atoms with E-state index >= 15 is 0 Å². The number of rotatable bonds is 4. The van der Waals surface area contributed by atoms with Crippen LogP contribution in [0.2, 0.25) is 0 Å². The normalized spacial score (nSPS) is 17.3. The lowest BCUT2D eigenvalue weighted by atomic mass is 10.00. The molecule has 1 atom stereocenters. The minimum absolute atomic E-state index is 0.0250. The number of nitrogens with zero attached hydrogens (tertiary/aromatic N) is 2. The van der Waals surface area contributed by atoms with Gasteiger partial charge in [-0.1, -0.05) is 18.2 Å². The Balaban J connectivity index is 1.66. The van der Waals surface area contributed by atoms with Crippen molar-refractivity contribution in [2.75, 3.05) is 18.0 Å². The average Bonchev–Trinajstić information content (AvgIpc) is 2.62. The van der Waals surface area contributed by atoms with Crippen LogP contribution in [0.3, 0.4) is 0 Å². The number of aryl methyl sites for hydroxylation is 1. The molecule has 2 aromatic rings. The van der Waals surface area contributed by atoms with Gasteiger partial charge in [0.1, 0.15) is 6.04 Å². The topological polar surface area (TPSA) is 28.2 Å². The van der Waals surface area contributed by atoms with Crippen LogP contribution in [0, 0.1) is 13.8 Å². The third-order valence-electron chi connectivity index (χ3n) is 5.12. The third kappa shape index (κ3) is 4.18. The first-order valence-corrected chi connectivity index (χ1v) is 8.91. The van der Waals surface area contributed by atoms with Crippen LogP contribution in [-0.4, -0.2) is 30.3 Å². The van der Waals surface area contributed by atoms with Crippen molar-refractivity contribution in [3.05, 3.63) is 59.4 Å². The van der Waals surface area contributed by atoms with Gasteiger partial charge >= 0.3 is 6.18 Å². The van der Waals surface area contributed by atoms with E-state index in [9.17, 15) is 13.2 Å². The predicted molar refractivity (Wildman–Crippen MR) is 97.3 cm³/mol. The van der Waals surface area contributed by atoms with Gasteiger partial charge in [-0.2, -0.15) is 13.2 Å². The van der Waals surface area contributed by atoms with E-state index in [0.717, 1.165) is 13.1 Å². The molecule has 1 aromatic heterocycles. The summed E-state index contributed by atoms with van der Waals surface area (Å²) in [5.41, 5.74) is 3.67. The van der Waals surface area contributed by atoms with E-state index in [-0.39, 0.29) is 11.7 Å². The molecule has 1 aromatic carbocycles. The highest BCUT2D eigenvalue weighted by atomic mass is 19.4. The van der Waals surface area contributed by atoms with Crippen molar-refractivity contribution in [1.29, 1.82) is 0 Å². The molecule has 0 saturated carbocycles. The van der Waals surface area contributed by atoms with Gasteiger partial charge in [0.15, 0.2) is 0 Å². The van der Waals surface area contributed by atoms with Crippen LogP contribution in [0.5, 0.6) is 0 Å². The molecule has 1 saturated heterocycles. The van der Waals surface area contributed by atoms with Crippen molar-refractivity contribution in [3.8, 4) is 0 Å². The van der Waals surface area contributed by atoms with E-state index in [4.69, 9.17) is 0 Å². The standard InChI is InChI=1S/C20H24F3N3/c1-14-6-5-8-18(15(14)2)26-12-9-16(10-13-26)25-19(20(21,22)23)17-7-3-4-11-24-17/h3-8,11,16,19,25H,9-10,12-13H2,1-2H3. The van der Waals surface area contributed by atoms with Crippen LogP contribution in [-0.2, 0) is 0 Å². The molecule has 1 N–H and O–H groups in total. The summed E-state index contributed by atoms with van der Waals surface area (Å²) < 4.78 is 40.5. The summed E-state index contributed by atoms with van der Waals surface area (Å²) in [6, 6.07) is 8.94. The molecule has 140 valence electrons. The Morgan fingerprint density at radius 2 is 1.81 bits per heavy atom. The third-order valence-corrected chi connectivity index (χ3v) is 5.12. The molecular weight excluding hydrogens is 339 g/mol. The van der Waals surface area contributed by atoms with Crippen molar-refractivity contribution < 1.29 is 13.2 Å². The zero-order valence-corrected chi connectivity index (χ0v) is 15.1. The van der Waals surface area contributed by atoms with Crippen molar-refractivity contribution in [1.82, 2.24) is 10.3 Å². The molecule has 0 aliphatic carbocycles. The van der Waals surface area contributed by atoms with Crippen LogP contribution < -0.4 is 10.2 Å². The molecule has 1 aliphatic rings. The molecule has 26 heavy (non-hydrogen) atoms. The zero-order valence-electron chi connectivity index (χ0n) is 15.1. The molecule has 3 rings (SSSR count). The highest BCUT2D eigenvalue weighted by molar-refractivity contribution is 5.56. The van der Waals surface area contributed by atoms with E-state index in [1.165, 1.54) is 29.1 Å². The second kappa shape index (κ2) is 7.66. The van der Waals surface area contributed by atoms with Gasteiger partial charge in [-0.25, -0.2) is 0 Å². The molecule has 1 aliphatic heterocycles. The number of hydrogen-bond donors (Lipinski definition) is 1. The number of halogens is 3. The van der Waals surface area contributed by atoms with Gasteiger partial charge < -0.3 is 4.90 Å². The molecule has 1 fully saturated rings. The van der Waals surface area contributed by atoms with Crippen LogP contribution in [0.15, 0.2) is 42.6 Å². The molecule has 6 heteroatoms. The number of pyridine rings is 1. The van der Waals surface area contributed by atoms with Crippen LogP contribution in [0.1, 0.15) is 35.7 Å². The Hall–Kier alpha value is -2.08. The maximum atomic E-state index is 13.5. The van der Waals surface area contributed by atoms with Gasteiger partial charge in [0.2, 0.25) is 0 Å². The van der Waals surface area contributed by atoms with E-state index in [1.54, 1.807) is 12.1 Å². The van der Waals surface area contributed by atoms with Gasteiger partial charge in [-0.3, -0.25) is 10.3 Å². The number of aromatic nitrogens is 1. The minimum Gasteiger partial charge on any atom is -0.371 e. The fraction of sp³-hybridized carbons (Fsp3) is 0.450. The summed E-state index contributed by atoms with van der Waals surface area (Å²) >= 11 is 0. The summed E-state index contributed by atoms with van der Waals surface area (Å²) in [4.78, 5) is 6.17. The molecular formula is C20H24F3N3. The van der Waals surface area contributed by atoms with Crippen molar-refractivity contribution in [2.24, 2.45) is 0 Å². The van der Waals surface area contributed by atoms with Crippen LogP contribution in [0.25, 0.3) is 0 Å². The summed E-state index contributed by atoms with van der Waals surface area (Å²) in [5, 5.41) is 2.80. The first kappa shape index (κ1) is 18.7. The van der Waals surface area contributed by atoms with Gasteiger partial charge in [-0.15, -0.1) is 0 Å². The van der Waals surface area contributed by atoms with Gasteiger partial charge in [0, 0.05) is 31.0 Å². The highest BCUT2D eigenvalue weighted by Crippen LogP contribution is 2.33. The summed E-state index contributed by atoms with van der Waals surface area (Å²) in [7, 11) is 0. The Bertz CT molecular complexity index is 723. The van der Waals surface area contributed by atoms with Crippen molar-refractivity contribution in [2.45, 2.75) is 44.9 Å². The number of benzene rings is 1. The van der Waals surface area contributed by atoms with E-state index in [2.05, 4.69) is 41.2 Å². The summed E-state index contributed by atoms with van der Waals surface area (Å²) in [5.74, 6) is 0. The number of anilines is 1. The maximum Gasteiger partial charge on any atom is 0.409 e. The Kier molecular flexibility index (Phi) is 5.51. The molecule has 1 unspecified atom stereocenters. The van der Waals surface area contributed by atoms with Crippen molar-refractivity contribution >= 4 is 5.69 Å². The first-order chi connectivity index (χ1) is 12.4. The number of alkyl halides is 3. The quantitative estimate of drug-likeness (QED) is 0.863. The summed E-state index contributed by atoms with van der Waals surface area (Å²) in [6.45, 7) is 5.66. The molecule has 0 amide bonds.